The molecule has 0 aromatic heterocycles. The summed E-state index contributed by atoms with van der Waals surface area (Å²) in [5.74, 6) is -0.343. The van der Waals surface area contributed by atoms with Crippen molar-refractivity contribution in [1.29, 1.82) is 0 Å². The molecular weight excluding hydrogens is 746 g/mol. The van der Waals surface area contributed by atoms with Gasteiger partial charge in [-0.1, -0.05) is 177 Å². The zero-order chi connectivity index (χ0) is 42.7. The van der Waals surface area contributed by atoms with E-state index < -0.39 is 13.9 Å². The standard InChI is InChI=1S/C49H88NO7P/c1-6-8-10-12-14-16-18-19-20-21-22-23-24-25-26-27-28-29-30-31-32-33-35-37-39-41-44-54-46-48(47-56-58(52,53)55-45-43-50(3,4)5)57-49(51)42-40-38-36-34-17-15-13-11-9-7-2/h8,10,14,16,19-20,22-23,25-26,28-29,48H,6-7,9,11-13,15,17-18,21,24,27,30-47H2,1-5H3/b10-8-,16-14-,20-19-,23-22-,26-25-,29-28-. The van der Waals surface area contributed by atoms with E-state index in [0.29, 0.717) is 24.1 Å². The smallest absolute Gasteiger partial charge is 0.306 e. The van der Waals surface area contributed by atoms with Crippen molar-refractivity contribution in [3.63, 3.8) is 0 Å². The summed E-state index contributed by atoms with van der Waals surface area (Å²) in [6.07, 6.45) is 53.5. The van der Waals surface area contributed by atoms with Crippen molar-refractivity contribution in [2.45, 2.75) is 180 Å². The van der Waals surface area contributed by atoms with E-state index in [2.05, 4.69) is 86.8 Å². The van der Waals surface area contributed by atoms with Gasteiger partial charge in [0.25, 0.3) is 7.82 Å². The first-order chi connectivity index (χ1) is 28.1. The molecule has 58 heavy (non-hydrogen) atoms. The lowest BCUT2D eigenvalue weighted by molar-refractivity contribution is -0.870. The monoisotopic (exact) mass is 834 g/mol. The van der Waals surface area contributed by atoms with E-state index in [-0.39, 0.29) is 25.8 Å². The molecule has 0 aliphatic carbocycles. The molecule has 9 heteroatoms. The van der Waals surface area contributed by atoms with E-state index in [1.165, 1.54) is 70.6 Å². The Labute approximate surface area is 357 Å². The zero-order valence-corrected chi connectivity index (χ0v) is 38.9. The number of ether oxygens (including phenoxy) is 2. The number of hydrogen-bond acceptors (Lipinski definition) is 7. The molecule has 0 N–H and O–H groups in total. The third kappa shape index (κ3) is 45.0. The van der Waals surface area contributed by atoms with Gasteiger partial charge in [0.2, 0.25) is 0 Å². The number of nitrogens with zero attached hydrogens (tertiary/aromatic N) is 1. The lowest BCUT2D eigenvalue weighted by Crippen LogP contribution is -2.37. The summed E-state index contributed by atoms with van der Waals surface area (Å²) in [7, 11) is 1.34. The van der Waals surface area contributed by atoms with Crippen molar-refractivity contribution in [3.05, 3.63) is 72.9 Å². The van der Waals surface area contributed by atoms with Gasteiger partial charge >= 0.3 is 5.97 Å². The number of phosphoric acid groups is 1. The van der Waals surface area contributed by atoms with Crippen LogP contribution in [0.1, 0.15) is 174 Å². The topological polar surface area (TPSA) is 94.1 Å². The number of phosphoric ester groups is 1. The van der Waals surface area contributed by atoms with Crippen LogP contribution in [0.2, 0.25) is 0 Å². The van der Waals surface area contributed by atoms with Crippen molar-refractivity contribution < 1.29 is 37.3 Å². The van der Waals surface area contributed by atoms with Gasteiger partial charge in [0.15, 0.2) is 0 Å². The Kier molecular flexibility index (Phi) is 40.2. The third-order valence-corrected chi connectivity index (χ3v) is 10.5. The summed E-state index contributed by atoms with van der Waals surface area (Å²) in [5.41, 5.74) is 0. The van der Waals surface area contributed by atoms with Gasteiger partial charge in [0.05, 0.1) is 34.4 Å². The minimum atomic E-state index is -4.53. The highest BCUT2D eigenvalue weighted by Gasteiger charge is 2.20. The molecular formula is C49H88NO7P. The Hall–Kier alpha value is -2.06. The fraction of sp³-hybridized carbons (Fsp3) is 0.735. The van der Waals surface area contributed by atoms with Gasteiger partial charge in [0.1, 0.15) is 19.3 Å². The van der Waals surface area contributed by atoms with Gasteiger partial charge in [-0.15, -0.1) is 0 Å². The summed E-state index contributed by atoms with van der Waals surface area (Å²) in [4.78, 5) is 25.0. The lowest BCUT2D eigenvalue weighted by Gasteiger charge is -2.28. The second-order valence-electron chi connectivity index (χ2n) is 16.4. The maximum Gasteiger partial charge on any atom is 0.306 e. The van der Waals surface area contributed by atoms with Gasteiger partial charge in [-0.2, -0.15) is 0 Å². The number of hydrogen-bond donors (Lipinski definition) is 0. The third-order valence-electron chi connectivity index (χ3n) is 9.52. The number of quaternary nitrogens is 1. The highest BCUT2D eigenvalue weighted by molar-refractivity contribution is 7.45. The normalized spacial score (nSPS) is 14.4. The van der Waals surface area contributed by atoms with Crippen LogP contribution < -0.4 is 4.89 Å². The molecule has 336 valence electrons. The predicted molar refractivity (Wildman–Crippen MR) is 245 cm³/mol. The molecule has 2 unspecified atom stereocenters. The predicted octanol–water partition coefficient (Wildman–Crippen LogP) is 13.3. The fourth-order valence-corrected chi connectivity index (χ4v) is 6.69. The van der Waals surface area contributed by atoms with E-state index in [9.17, 15) is 14.3 Å². The number of carbonyl (C=O) groups excluding carboxylic acids is 1. The largest absolute Gasteiger partial charge is 0.756 e. The average Bonchev–Trinajstić information content (AvgIpc) is 3.18. The van der Waals surface area contributed by atoms with Crippen molar-refractivity contribution in [2.75, 3.05) is 54.1 Å². The summed E-state index contributed by atoms with van der Waals surface area (Å²) in [6.45, 7) is 5.24. The fourth-order valence-electron chi connectivity index (χ4n) is 5.96. The summed E-state index contributed by atoms with van der Waals surface area (Å²) < 4.78 is 34.6. The number of rotatable bonds is 42. The van der Waals surface area contributed by atoms with Crippen LogP contribution in [0.3, 0.4) is 0 Å². The molecule has 0 heterocycles. The minimum absolute atomic E-state index is 0.0213. The molecule has 0 aliphatic heterocycles. The van der Waals surface area contributed by atoms with Crippen molar-refractivity contribution >= 4 is 13.8 Å². The Morgan fingerprint density at radius 3 is 1.50 bits per heavy atom. The molecule has 0 fully saturated rings. The Bertz CT molecular complexity index is 1150. The molecule has 0 rings (SSSR count). The van der Waals surface area contributed by atoms with Gasteiger partial charge in [-0.05, 0) is 64.2 Å². The van der Waals surface area contributed by atoms with Crippen LogP contribution in [0.15, 0.2) is 72.9 Å². The van der Waals surface area contributed by atoms with E-state index in [0.717, 1.165) is 83.5 Å². The summed E-state index contributed by atoms with van der Waals surface area (Å²) in [6, 6.07) is 0. The first-order valence-corrected chi connectivity index (χ1v) is 24.6. The van der Waals surface area contributed by atoms with Crippen LogP contribution in [-0.2, 0) is 27.9 Å². The molecule has 0 bridgehead atoms. The van der Waals surface area contributed by atoms with E-state index in [4.69, 9.17) is 18.5 Å². The molecule has 0 saturated heterocycles. The minimum Gasteiger partial charge on any atom is -0.756 e. The summed E-state index contributed by atoms with van der Waals surface area (Å²) in [5, 5.41) is 0. The van der Waals surface area contributed by atoms with E-state index >= 15 is 0 Å². The molecule has 0 aromatic rings. The summed E-state index contributed by atoms with van der Waals surface area (Å²) >= 11 is 0. The SMILES string of the molecule is CC/C=C\C/C=C\C/C=C\C/C=C\C/C=C\C/C=C\CCCCCCCCCOCC(COP(=O)([O-])OCC[N+](C)(C)C)OC(=O)CCCCCCCCCCCC. The number of unbranched alkanes of at least 4 members (excludes halogenated alkanes) is 16. The van der Waals surface area contributed by atoms with E-state index in [1.807, 2.05) is 21.1 Å². The zero-order valence-electron chi connectivity index (χ0n) is 38.0. The number of carbonyl (C=O) groups is 1. The van der Waals surface area contributed by atoms with Crippen LogP contribution in [-0.4, -0.2) is 70.7 Å². The van der Waals surface area contributed by atoms with Crippen LogP contribution in [0, 0.1) is 0 Å². The van der Waals surface area contributed by atoms with Crippen LogP contribution in [0.4, 0.5) is 0 Å². The quantitative estimate of drug-likeness (QED) is 0.0199. The lowest BCUT2D eigenvalue weighted by atomic mass is 10.1. The molecule has 0 radical (unpaired) electrons. The number of allylic oxidation sites excluding steroid dienone is 12. The second kappa shape index (κ2) is 41.7. The molecule has 2 atom stereocenters. The number of esters is 1. The van der Waals surface area contributed by atoms with Crippen LogP contribution >= 0.6 is 7.82 Å². The Morgan fingerprint density at radius 2 is 1.00 bits per heavy atom. The molecule has 0 aliphatic rings. The number of likely N-dealkylation sites (N-methyl/N-ethyl adjacent to an activating group) is 1. The highest BCUT2D eigenvalue weighted by Crippen LogP contribution is 2.38. The first kappa shape index (κ1) is 55.9. The average molecular weight is 834 g/mol. The van der Waals surface area contributed by atoms with Gasteiger partial charge in [-0.3, -0.25) is 9.36 Å². The Morgan fingerprint density at radius 1 is 0.552 bits per heavy atom. The van der Waals surface area contributed by atoms with Gasteiger partial charge in [-0.25, -0.2) is 0 Å². The van der Waals surface area contributed by atoms with Crippen molar-refractivity contribution in [3.8, 4) is 0 Å². The van der Waals surface area contributed by atoms with Crippen molar-refractivity contribution in [1.82, 2.24) is 0 Å². The first-order valence-electron chi connectivity index (χ1n) is 23.2. The van der Waals surface area contributed by atoms with Crippen molar-refractivity contribution in [2.24, 2.45) is 0 Å². The Balaban J connectivity index is 4.13. The maximum atomic E-state index is 12.6. The van der Waals surface area contributed by atoms with Crippen LogP contribution in [0.25, 0.3) is 0 Å². The molecule has 0 saturated carbocycles. The van der Waals surface area contributed by atoms with Crippen LogP contribution in [0.5, 0.6) is 0 Å². The molecule has 0 aromatic carbocycles. The highest BCUT2D eigenvalue weighted by atomic mass is 31.2. The van der Waals surface area contributed by atoms with Gasteiger partial charge in [0, 0.05) is 13.0 Å². The second-order valence-corrected chi connectivity index (χ2v) is 17.8. The molecule has 8 nitrogen and oxygen atoms in total. The molecule has 0 amide bonds. The van der Waals surface area contributed by atoms with Gasteiger partial charge < -0.3 is 27.9 Å². The maximum absolute atomic E-state index is 12.6. The van der Waals surface area contributed by atoms with E-state index in [1.54, 1.807) is 0 Å². The molecule has 0 spiro atoms.